The first-order valence-corrected chi connectivity index (χ1v) is 21.3. The molecule has 6 atom stereocenters. The smallest absolute Gasteiger partial charge is 0.412 e. The summed E-state index contributed by atoms with van der Waals surface area (Å²) in [6.45, 7) is 6.81. The lowest BCUT2D eigenvalue weighted by Gasteiger charge is -2.58. The Hall–Kier alpha value is -4.76. The van der Waals surface area contributed by atoms with E-state index >= 15 is 0 Å². The molecule has 6 unspecified atom stereocenters. The van der Waals surface area contributed by atoms with Gasteiger partial charge in [0.2, 0.25) is 5.79 Å². The molecule has 13 nitrogen and oxygen atoms in total. The van der Waals surface area contributed by atoms with Crippen LogP contribution in [-0.4, -0.2) is 75.1 Å². The molecule has 310 valence electrons. The predicted molar refractivity (Wildman–Crippen MR) is 223 cm³/mol. The van der Waals surface area contributed by atoms with Crippen LogP contribution in [0.3, 0.4) is 0 Å². The average Bonchev–Trinajstić information content (AvgIpc) is 3.23. The molecule has 1 aromatic heterocycles. The standard InChI is InChI=1S/C44H54N4O9S/c1-3-24-54-44-40(58-25-19-30-17-20-45-21-18-30)28-38(47-55-29-31-11-13-33(14-12-31)48(52)53)36-26-32(9-5-7-22-49)35(10-6-8-23-50)41(42(36)44)37-27-34(15-16-39(37)57-44)56-43(51)46-4-2/h3,11-18,20-21,26-27,32,35,40-42,49-50H,1,4-10,19,22-25,28-29H2,2H3,(H,46,51). The summed E-state index contributed by atoms with van der Waals surface area (Å²) in [5.41, 5.74) is 4.57. The van der Waals surface area contributed by atoms with Crippen LogP contribution in [0.1, 0.15) is 74.5 Å². The quantitative estimate of drug-likeness (QED) is 0.0413. The summed E-state index contributed by atoms with van der Waals surface area (Å²) in [6.07, 6.45) is 13.0. The zero-order valence-corrected chi connectivity index (χ0v) is 33.8. The van der Waals surface area contributed by atoms with Gasteiger partial charge in [-0.15, -0.1) is 6.58 Å². The van der Waals surface area contributed by atoms with Crippen molar-refractivity contribution in [1.82, 2.24) is 10.3 Å². The van der Waals surface area contributed by atoms with Crippen molar-refractivity contribution in [1.29, 1.82) is 0 Å². The maximum absolute atomic E-state index is 12.7. The lowest BCUT2D eigenvalue weighted by molar-refractivity contribution is -0.384. The topological polar surface area (TPSA) is 175 Å². The number of unbranched alkanes of at least 4 members (excludes halogenated alkanes) is 2. The largest absolute Gasteiger partial charge is 0.460 e. The number of aromatic nitrogens is 1. The maximum Gasteiger partial charge on any atom is 0.412 e. The number of ether oxygens (including phenoxy) is 3. The molecule has 1 amide bonds. The Morgan fingerprint density at radius 3 is 2.55 bits per heavy atom. The molecule has 0 bridgehead atoms. The Bertz CT molecular complexity index is 1910. The molecule has 0 spiro atoms. The van der Waals surface area contributed by atoms with Crippen LogP contribution >= 0.6 is 11.8 Å². The number of hydrogen-bond acceptors (Lipinski definition) is 12. The molecule has 0 radical (unpaired) electrons. The number of amides is 1. The fraction of sp³-hybridized carbons (Fsp3) is 0.477. The van der Waals surface area contributed by atoms with E-state index in [0.29, 0.717) is 37.3 Å². The Morgan fingerprint density at radius 2 is 1.84 bits per heavy atom. The molecule has 3 aliphatic rings. The number of aliphatic hydroxyl groups is 2. The molecule has 58 heavy (non-hydrogen) atoms. The van der Waals surface area contributed by atoms with Gasteiger partial charge >= 0.3 is 6.09 Å². The lowest BCUT2D eigenvalue weighted by Crippen LogP contribution is -2.64. The summed E-state index contributed by atoms with van der Waals surface area (Å²) in [6, 6.07) is 15.8. The van der Waals surface area contributed by atoms with Gasteiger partial charge in [0.25, 0.3) is 5.69 Å². The SMILES string of the molecule is C=CCOC12Oc3ccc(OC(=O)NCC)cc3C3C(CCCCO)C(CCCCO)C=C(C(=NOCc4ccc([N+](=O)[O-])cc4)CC1SCCc1ccncc1)C32. The number of benzene rings is 2. The Balaban J connectivity index is 1.48. The number of nitro benzene ring substituents is 1. The highest BCUT2D eigenvalue weighted by atomic mass is 32.2. The van der Waals surface area contributed by atoms with Crippen molar-refractivity contribution < 1.29 is 39.0 Å². The van der Waals surface area contributed by atoms with Gasteiger partial charge in [-0.1, -0.05) is 30.1 Å². The van der Waals surface area contributed by atoms with Crippen LogP contribution in [0.15, 0.2) is 96.5 Å². The molecular weight excluding hydrogens is 761 g/mol. The minimum absolute atomic E-state index is 0.00107. The maximum atomic E-state index is 12.7. The third kappa shape index (κ3) is 10.1. The molecule has 3 aromatic rings. The number of carbonyl (C=O) groups excluding carboxylic acids is 1. The molecule has 6 rings (SSSR count). The van der Waals surface area contributed by atoms with E-state index in [-0.39, 0.29) is 61.0 Å². The van der Waals surface area contributed by atoms with E-state index in [1.54, 1.807) is 48.4 Å². The number of thioether (sulfide) groups is 1. The first-order valence-electron chi connectivity index (χ1n) is 20.2. The van der Waals surface area contributed by atoms with Crippen molar-refractivity contribution >= 4 is 29.3 Å². The summed E-state index contributed by atoms with van der Waals surface area (Å²) in [4.78, 5) is 33.8. The van der Waals surface area contributed by atoms with Gasteiger partial charge in [-0.3, -0.25) is 15.1 Å². The molecule has 0 saturated heterocycles. The summed E-state index contributed by atoms with van der Waals surface area (Å²) < 4.78 is 20.0. The first-order chi connectivity index (χ1) is 28.3. The number of pyridine rings is 1. The number of rotatable bonds is 21. The van der Waals surface area contributed by atoms with E-state index in [2.05, 4.69) is 23.0 Å². The molecular formula is C44H54N4O9S. The van der Waals surface area contributed by atoms with Crippen molar-refractivity contribution in [3.8, 4) is 11.5 Å². The van der Waals surface area contributed by atoms with Crippen LogP contribution in [0.5, 0.6) is 11.5 Å². The number of fused-ring (bicyclic) bond motifs is 2. The van der Waals surface area contributed by atoms with Crippen molar-refractivity contribution in [2.45, 2.75) is 81.9 Å². The van der Waals surface area contributed by atoms with Gasteiger partial charge in [0.05, 0.1) is 28.4 Å². The number of allylic oxidation sites excluding steroid dienone is 1. The Kier molecular flexibility index (Phi) is 15.3. The highest BCUT2D eigenvalue weighted by molar-refractivity contribution is 8.00. The van der Waals surface area contributed by atoms with E-state index in [4.69, 9.17) is 24.2 Å². The number of aryl methyl sites for hydroxylation is 1. The van der Waals surface area contributed by atoms with Gasteiger partial charge in [0, 0.05) is 62.2 Å². The van der Waals surface area contributed by atoms with E-state index in [0.717, 1.165) is 60.3 Å². The molecule has 14 heteroatoms. The number of non-ortho nitro benzene ring substituents is 1. The van der Waals surface area contributed by atoms with Crippen molar-refractivity contribution in [3.05, 3.63) is 118 Å². The van der Waals surface area contributed by atoms with Crippen molar-refractivity contribution in [2.75, 3.05) is 32.1 Å². The number of carbonyl (C=O) groups is 1. The van der Waals surface area contributed by atoms with Gasteiger partial charge in [0.15, 0.2) is 0 Å². The summed E-state index contributed by atoms with van der Waals surface area (Å²) in [5, 5.41) is 38.3. The first kappa shape index (κ1) is 42.8. The van der Waals surface area contributed by atoms with Crippen LogP contribution in [0, 0.1) is 27.9 Å². The normalized spacial score (nSPS) is 23.8. The molecule has 1 aliphatic heterocycles. The number of nitrogens with one attached hydrogen (secondary N) is 1. The van der Waals surface area contributed by atoms with E-state index in [1.807, 2.05) is 31.2 Å². The number of nitrogens with zero attached hydrogens (tertiary/aromatic N) is 3. The fourth-order valence-electron chi connectivity index (χ4n) is 8.59. The minimum Gasteiger partial charge on any atom is -0.460 e. The minimum atomic E-state index is -1.15. The number of hydrogen-bond donors (Lipinski definition) is 3. The van der Waals surface area contributed by atoms with Crippen molar-refractivity contribution in [2.24, 2.45) is 22.9 Å². The zero-order chi connectivity index (χ0) is 40.9. The van der Waals surface area contributed by atoms with Gasteiger partial charge in [-0.2, -0.15) is 11.8 Å². The lowest BCUT2D eigenvalue weighted by atomic mass is 9.56. The highest BCUT2D eigenvalue weighted by Gasteiger charge is 2.64. The Labute approximate surface area is 344 Å². The van der Waals surface area contributed by atoms with Gasteiger partial charge in [0.1, 0.15) is 18.1 Å². The molecule has 3 N–H and O–H groups in total. The predicted octanol–water partition coefficient (Wildman–Crippen LogP) is 7.91. The number of oxime groups is 1. The van der Waals surface area contributed by atoms with Crippen LogP contribution < -0.4 is 14.8 Å². The average molecular weight is 815 g/mol. The monoisotopic (exact) mass is 814 g/mol. The van der Waals surface area contributed by atoms with Crippen LogP contribution in [0.4, 0.5) is 10.5 Å². The highest BCUT2D eigenvalue weighted by Crippen LogP contribution is 2.62. The zero-order valence-electron chi connectivity index (χ0n) is 33.0. The van der Waals surface area contributed by atoms with Gasteiger partial charge in [-0.25, -0.2) is 4.79 Å². The van der Waals surface area contributed by atoms with E-state index in [1.165, 1.54) is 17.7 Å². The van der Waals surface area contributed by atoms with E-state index < -0.39 is 16.8 Å². The van der Waals surface area contributed by atoms with Crippen LogP contribution in [0.25, 0.3) is 0 Å². The second-order valence-electron chi connectivity index (χ2n) is 14.8. The molecule has 1 saturated carbocycles. The van der Waals surface area contributed by atoms with Gasteiger partial charge < -0.3 is 34.6 Å². The van der Waals surface area contributed by atoms with Gasteiger partial charge in [-0.05, 0) is 116 Å². The fourth-order valence-corrected chi connectivity index (χ4v) is 10.0. The van der Waals surface area contributed by atoms with Crippen molar-refractivity contribution in [3.63, 3.8) is 0 Å². The molecule has 2 aromatic carbocycles. The van der Waals surface area contributed by atoms with Crippen LogP contribution in [0.2, 0.25) is 0 Å². The van der Waals surface area contributed by atoms with Crippen LogP contribution in [-0.2, 0) is 22.6 Å². The number of nitro groups is 1. The Morgan fingerprint density at radius 1 is 1.09 bits per heavy atom. The number of aliphatic hydroxyl groups excluding tert-OH is 2. The summed E-state index contributed by atoms with van der Waals surface area (Å²) in [5.74, 6) is 0.296. The summed E-state index contributed by atoms with van der Waals surface area (Å²) >= 11 is 1.77. The third-order valence-corrected chi connectivity index (χ3v) is 12.5. The summed E-state index contributed by atoms with van der Waals surface area (Å²) in [7, 11) is 0. The van der Waals surface area contributed by atoms with E-state index in [9.17, 15) is 25.1 Å². The second kappa shape index (κ2) is 20.8. The third-order valence-electron chi connectivity index (χ3n) is 11.2. The molecule has 1 fully saturated rings. The molecule has 2 heterocycles. The second-order valence-corrected chi connectivity index (χ2v) is 16.1. The molecule has 2 aliphatic carbocycles.